The molecule has 2 aromatic rings. The molecule has 0 saturated carbocycles. The number of H-pyrrole nitrogens is 1. The molecule has 0 fully saturated rings. The molecule has 0 aliphatic carbocycles. The Morgan fingerprint density at radius 1 is 1.53 bits per heavy atom. The second-order valence-corrected chi connectivity index (χ2v) is 3.83. The van der Waals surface area contributed by atoms with E-state index in [1.54, 1.807) is 4.68 Å². The third kappa shape index (κ3) is 2.32. The number of rotatable bonds is 3. The van der Waals surface area contributed by atoms with Crippen molar-refractivity contribution in [3.05, 3.63) is 23.3 Å². The van der Waals surface area contributed by atoms with E-state index in [2.05, 4.69) is 25.6 Å². The highest BCUT2D eigenvalue weighted by Gasteiger charge is 2.14. The van der Waals surface area contributed by atoms with Crippen molar-refractivity contribution < 1.29 is 4.79 Å². The third-order valence-electron chi connectivity index (χ3n) is 2.67. The Balaban J connectivity index is 2.08. The van der Waals surface area contributed by atoms with Gasteiger partial charge in [-0.3, -0.25) is 14.8 Å². The number of anilines is 1. The van der Waals surface area contributed by atoms with Crippen LogP contribution in [-0.4, -0.2) is 30.9 Å². The third-order valence-corrected chi connectivity index (χ3v) is 2.67. The molecule has 2 rings (SSSR count). The van der Waals surface area contributed by atoms with Gasteiger partial charge in [0.2, 0.25) is 11.9 Å². The zero-order valence-electron chi connectivity index (χ0n) is 9.98. The normalized spacial score (nSPS) is 10.5. The molecular formula is C10H14N6O. The summed E-state index contributed by atoms with van der Waals surface area (Å²) < 4.78 is 1.77. The molecule has 0 aliphatic heterocycles. The van der Waals surface area contributed by atoms with Gasteiger partial charge < -0.3 is 0 Å². The maximum atomic E-state index is 11.8. The molecule has 0 atom stereocenters. The van der Waals surface area contributed by atoms with Gasteiger partial charge in [-0.1, -0.05) is 0 Å². The van der Waals surface area contributed by atoms with Gasteiger partial charge in [-0.2, -0.15) is 15.2 Å². The number of aromatic amines is 1. The molecular weight excluding hydrogens is 220 g/mol. The van der Waals surface area contributed by atoms with Gasteiger partial charge in [0.25, 0.3) is 0 Å². The molecule has 1 amide bonds. The zero-order chi connectivity index (χ0) is 12.4. The molecule has 2 aromatic heterocycles. The highest BCUT2D eigenvalue weighted by atomic mass is 16.1. The number of hydrogen-bond donors (Lipinski definition) is 2. The summed E-state index contributed by atoms with van der Waals surface area (Å²) in [6.07, 6.45) is 1.63. The van der Waals surface area contributed by atoms with E-state index in [9.17, 15) is 4.79 Å². The summed E-state index contributed by atoms with van der Waals surface area (Å²) in [5.41, 5.74) is 2.82. The van der Waals surface area contributed by atoms with Crippen molar-refractivity contribution in [2.45, 2.75) is 20.3 Å². The predicted octanol–water partition coefficient (Wildman–Crippen LogP) is 0.336. The van der Waals surface area contributed by atoms with Gasteiger partial charge in [-0.25, -0.2) is 5.10 Å². The first-order valence-corrected chi connectivity index (χ1v) is 5.22. The van der Waals surface area contributed by atoms with Crippen LogP contribution in [0.25, 0.3) is 0 Å². The molecule has 0 radical (unpaired) electrons. The van der Waals surface area contributed by atoms with Gasteiger partial charge in [0.15, 0.2) is 0 Å². The number of amides is 1. The first-order chi connectivity index (χ1) is 8.08. The van der Waals surface area contributed by atoms with Gasteiger partial charge >= 0.3 is 0 Å². The number of aryl methyl sites for hydroxylation is 2. The number of hydrogen-bond acceptors (Lipinski definition) is 4. The summed E-state index contributed by atoms with van der Waals surface area (Å²) in [5, 5.41) is 13.1. The number of nitrogens with one attached hydrogen (secondary N) is 2. The summed E-state index contributed by atoms with van der Waals surface area (Å²) >= 11 is 0. The lowest BCUT2D eigenvalue weighted by atomic mass is 10.1. The Morgan fingerprint density at radius 2 is 2.29 bits per heavy atom. The monoisotopic (exact) mass is 234 g/mol. The van der Waals surface area contributed by atoms with Crippen molar-refractivity contribution in [1.82, 2.24) is 25.0 Å². The lowest BCUT2D eigenvalue weighted by molar-refractivity contribution is -0.115. The Bertz CT molecular complexity index is 527. The van der Waals surface area contributed by atoms with Crippen LogP contribution in [0.1, 0.15) is 17.0 Å². The number of aromatic nitrogens is 5. The van der Waals surface area contributed by atoms with Crippen LogP contribution in [0.15, 0.2) is 6.33 Å². The largest absolute Gasteiger partial charge is 0.295 e. The Morgan fingerprint density at radius 3 is 2.82 bits per heavy atom. The SMILES string of the molecule is Cc1nn(C)c(C)c1CC(=O)Nc1ncn[nH]1. The molecule has 90 valence electrons. The molecule has 2 heterocycles. The molecule has 7 heteroatoms. The molecule has 2 N–H and O–H groups in total. The van der Waals surface area contributed by atoms with Gasteiger partial charge in [0.1, 0.15) is 6.33 Å². The summed E-state index contributed by atoms with van der Waals surface area (Å²) in [6.45, 7) is 3.83. The fraction of sp³-hybridized carbons (Fsp3) is 0.400. The lowest BCUT2D eigenvalue weighted by Gasteiger charge is -2.02. The van der Waals surface area contributed by atoms with Crippen LogP contribution in [0, 0.1) is 13.8 Å². The smallest absolute Gasteiger partial charge is 0.231 e. The van der Waals surface area contributed by atoms with Crippen molar-refractivity contribution in [1.29, 1.82) is 0 Å². The highest BCUT2D eigenvalue weighted by Crippen LogP contribution is 2.12. The summed E-state index contributed by atoms with van der Waals surface area (Å²) in [6, 6.07) is 0. The highest BCUT2D eigenvalue weighted by molar-refractivity contribution is 5.90. The van der Waals surface area contributed by atoms with E-state index < -0.39 is 0 Å². The second-order valence-electron chi connectivity index (χ2n) is 3.83. The van der Waals surface area contributed by atoms with Crippen LogP contribution < -0.4 is 5.32 Å². The van der Waals surface area contributed by atoms with Crippen molar-refractivity contribution >= 4 is 11.9 Å². The maximum absolute atomic E-state index is 11.8. The van der Waals surface area contributed by atoms with Crippen molar-refractivity contribution in [3.63, 3.8) is 0 Å². The second kappa shape index (κ2) is 4.36. The molecule has 17 heavy (non-hydrogen) atoms. The molecule has 0 bridgehead atoms. The van der Waals surface area contributed by atoms with E-state index >= 15 is 0 Å². The van der Waals surface area contributed by atoms with Crippen LogP contribution in [0.2, 0.25) is 0 Å². The predicted molar refractivity (Wildman–Crippen MR) is 61.4 cm³/mol. The average Bonchev–Trinajstić information content (AvgIpc) is 2.83. The molecule has 0 aliphatic rings. The average molecular weight is 234 g/mol. The molecule has 0 unspecified atom stereocenters. The topological polar surface area (TPSA) is 88.5 Å². The summed E-state index contributed by atoms with van der Waals surface area (Å²) in [7, 11) is 1.86. The van der Waals surface area contributed by atoms with Crippen LogP contribution in [0.3, 0.4) is 0 Å². The van der Waals surface area contributed by atoms with Crippen LogP contribution in [0.5, 0.6) is 0 Å². The quantitative estimate of drug-likeness (QED) is 0.801. The molecule has 0 saturated heterocycles. The van der Waals surface area contributed by atoms with Crippen molar-refractivity contribution in [2.75, 3.05) is 5.32 Å². The van der Waals surface area contributed by atoms with Crippen LogP contribution in [-0.2, 0) is 18.3 Å². The van der Waals surface area contributed by atoms with E-state index in [0.717, 1.165) is 17.0 Å². The van der Waals surface area contributed by atoms with E-state index in [1.165, 1.54) is 6.33 Å². The number of carbonyl (C=O) groups excluding carboxylic acids is 1. The maximum Gasteiger partial charge on any atom is 0.231 e. The first-order valence-electron chi connectivity index (χ1n) is 5.22. The fourth-order valence-electron chi connectivity index (χ4n) is 1.68. The molecule has 0 spiro atoms. The zero-order valence-corrected chi connectivity index (χ0v) is 9.98. The summed E-state index contributed by atoms with van der Waals surface area (Å²) in [4.78, 5) is 15.6. The van der Waals surface area contributed by atoms with Gasteiger partial charge in [-0.05, 0) is 13.8 Å². The molecule has 0 aromatic carbocycles. The van der Waals surface area contributed by atoms with E-state index in [1.807, 2.05) is 20.9 Å². The van der Waals surface area contributed by atoms with Gasteiger partial charge in [0, 0.05) is 18.3 Å². The fourth-order valence-corrected chi connectivity index (χ4v) is 1.68. The van der Waals surface area contributed by atoms with Crippen LogP contribution >= 0.6 is 0 Å². The van der Waals surface area contributed by atoms with Gasteiger partial charge in [-0.15, -0.1) is 0 Å². The van der Waals surface area contributed by atoms with E-state index in [4.69, 9.17) is 0 Å². The van der Waals surface area contributed by atoms with E-state index in [-0.39, 0.29) is 12.3 Å². The minimum atomic E-state index is -0.138. The Labute approximate surface area is 98.2 Å². The minimum Gasteiger partial charge on any atom is -0.295 e. The number of nitrogens with zero attached hydrogens (tertiary/aromatic N) is 4. The molecule has 7 nitrogen and oxygen atoms in total. The Hall–Kier alpha value is -2.18. The number of carbonyl (C=O) groups is 1. The standard InChI is InChI=1S/C10H14N6O/c1-6-8(7(2)16(3)15-6)4-9(17)13-10-11-5-12-14-10/h5H,4H2,1-3H3,(H2,11,12,13,14,17). The van der Waals surface area contributed by atoms with Gasteiger partial charge in [0.05, 0.1) is 12.1 Å². The Kier molecular flexibility index (Phi) is 2.90. The van der Waals surface area contributed by atoms with Crippen molar-refractivity contribution in [2.24, 2.45) is 7.05 Å². The van der Waals surface area contributed by atoms with Crippen LogP contribution in [0.4, 0.5) is 5.95 Å². The minimum absolute atomic E-state index is 0.138. The van der Waals surface area contributed by atoms with Crippen molar-refractivity contribution in [3.8, 4) is 0 Å². The first kappa shape index (κ1) is 11.3. The lowest BCUT2D eigenvalue weighted by Crippen LogP contribution is -2.16. The van der Waals surface area contributed by atoms with E-state index in [0.29, 0.717) is 5.95 Å². The summed E-state index contributed by atoms with van der Waals surface area (Å²) in [5.74, 6) is 0.218.